The van der Waals surface area contributed by atoms with Crippen molar-refractivity contribution in [2.24, 2.45) is 5.73 Å². The minimum Gasteiger partial charge on any atom is -0.376 e. The summed E-state index contributed by atoms with van der Waals surface area (Å²) in [5.41, 5.74) is 5.95. The summed E-state index contributed by atoms with van der Waals surface area (Å²) in [6.07, 6.45) is 0.661. The monoisotopic (exact) mass is 241 g/mol. The third kappa shape index (κ3) is 2.83. The molecule has 1 fully saturated rings. The molecule has 1 saturated heterocycles. The van der Waals surface area contributed by atoms with Gasteiger partial charge in [0.1, 0.15) is 6.10 Å². The maximum Gasteiger partial charge on any atom is 0.231 e. The van der Waals surface area contributed by atoms with Gasteiger partial charge in [0.25, 0.3) is 0 Å². The zero-order valence-electron chi connectivity index (χ0n) is 10.3. The Morgan fingerprint density at radius 3 is 2.94 bits per heavy atom. The summed E-state index contributed by atoms with van der Waals surface area (Å²) in [5, 5.41) is 3.93. The van der Waals surface area contributed by atoms with Crippen molar-refractivity contribution in [3.05, 3.63) is 11.7 Å². The summed E-state index contributed by atoms with van der Waals surface area (Å²) in [6.45, 7) is 5.70. The van der Waals surface area contributed by atoms with Gasteiger partial charge in [-0.15, -0.1) is 0 Å². The number of ether oxygens (including phenoxy) is 2. The van der Waals surface area contributed by atoms with Gasteiger partial charge >= 0.3 is 0 Å². The van der Waals surface area contributed by atoms with Gasteiger partial charge in [-0.3, -0.25) is 0 Å². The molecular formula is C11H19N3O3. The molecule has 0 amide bonds. The van der Waals surface area contributed by atoms with Gasteiger partial charge in [0.15, 0.2) is 0 Å². The number of hydrogen-bond donors (Lipinski definition) is 1. The number of hydrogen-bond acceptors (Lipinski definition) is 6. The van der Waals surface area contributed by atoms with Gasteiger partial charge in [-0.05, 0) is 6.42 Å². The summed E-state index contributed by atoms with van der Waals surface area (Å²) < 4.78 is 16.0. The van der Waals surface area contributed by atoms with Crippen molar-refractivity contribution in [3.8, 4) is 0 Å². The SMILES string of the molecule is CCC(N)C(C)c1nc(C2COCCO2)no1. The van der Waals surface area contributed by atoms with Crippen LogP contribution in [0.5, 0.6) is 0 Å². The maximum absolute atomic E-state index is 5.95. The predicted octanol–water partition coefficient (Wildman–Crippen LogP) is 0.998. The zero-order valence-corrected chi connectivity index (χ0v) is 10.3. The molecule has 2 rings (SSSR count). The Hall–Kier alpha value is -0.980. The van der Waals surface area contributed by atoms with Crippen LogP contribution >= 0.6 is 0 Å². The van der Waals surface area contributed by atoms with E-state index in [0.29, 0.717) is 31.5 Å². The molecular weight excluding hydrogens is 222 g/mol. The van der Waals surface area contributed by atoms with Gasteiger partial charge in [0, 0.05) is 6.04 Å². The second kappa shape index (κ2) is 5.57. The Morgan fingerprint density at radius 1 is 1.47 bits per heavy atom. The van der Waals surface area contributed by atoms with E-state index in [9.17, 15) is 0 Å². The van der Waals surface area contributed by atoms with Gasteiger partial charge in [0.2, 0.25) is 11.7 Å². The van der Waals surface area contributed by atoms with Crippen molar-refractivity contribution in [3.63, 3.8) is 0 Å². The molecule has 2 heterocycles. The molecule has 3 atom stereocenters. The van der Waals surface area contributed by atoms with Crippen molar-refractivity contribution in [2.75, 3.05) is 19.8 Å². The Labute approximate surface area is 100 Å². The van der Waals surface area contributed by atoms with Gasteiger partial charge in [-0.25, -0.2) is 0 Å². The molecule has 0 aliphatic carbocycles. The van der Waals surface area contributed by atoms with E-state index in [1.54, 1.807) is 0 Å². The molecule has 1 aromatic rings. The van der Waals surface area contributed by atoms with Crippen LogP contribution < -0.4 is 5.73 Å². The van der Waals surface area contributed by atoms with E-state index in [4.69, 9.17) is 19.7 Å². The van der Waals surface area contributed by atoms with E-state index in [2.05, 4.69) is 10.1 Å². The van der Waals surface area contributed by atoms with Crippen molar-refractivity contribution < 1.29 is 14.0 Å². The smallest absolute Gasteiger partial charge is 0.231 e. The molecule has 6 heteroatoms. The Bertz CT molecular complexity index is 333. The number of nitrogens with two attached hydrogens (primary N) is 1. The largest absolute Gasteiger partial charge is 0.376 e. The first-order valence-electron chi connectivity index (χ1n) is 6.00. The third-order valence-electron chi connectivity index (χ3n) is 3.06. The molecule has 6 nitrogen and oxygen atoms in total. The quantitative estimate of drug-likeness (QED) is 0.846. The lowest BCUT2D eigenvalue weighted by atomic mass is 10.0. The first-order chi connectivity index (χ1) is 8.22. The Kier molecular flexibility index (Phi) is 4.09. The molecule has 1 aromatic heterocycles. The molecule has 0 radical (unpaired) electrons. The zero-order chi connectivity index (χ0) is 12.3. The topological polar surface area (TPSA) is 83.4 Å². The highest BCUT2D eigenvalue weighted by molar-refractivity contribution is 4.99. The first-order valence-corrected chi connectivity index (χ1v) is 6.00. The molecule has 1 aliphatic rings. The Morgan fingerprint density at radius 2 is 2.29 bits per heavy atom. The molecule has 0 bridgehead atoms. The van der Waals surface area contributed by atoms with E-state index in [1.165, 1.54) is 0 Å². The van der Waals surface area contributed by atoms with Crippen LogP contribution in [0.2, 0.25) is 0 Å². The van der Waals surface area contributed by atoms with Crippen LogP contribution in [-0.2, 0) is 9.47 Å². The van der Waals surface area contributed by atoms with E-state index in [0.717, 1.165) is 6.42 Å². The standard InChI is InChI=1S/C11H19N3O3/c1-3-8(12)7(2)11-13-10(14-17-11)9-6-15-4-5-16-9/h7-9H,3-6,12H2,1-2H3. The fourth-order valence-corrected chi connectivity index (χ4v) is 1.74. The second-order valence-electron chi connectivity index (χ2n) is 4.29. The van der Waals surface area contributed by atoms with Crippen molar-refractivity contribution in [1.29, 1.82) is 0 Å². The molecule has 2 N–H and O–H groups in total. The Balaban J connectivity index is 2.04. The third-order valence-corrected chi connectivity index (χ3v) is 3.06. The number of aromatic nitrogens is 2. The highest BCUT2D eigenvalue weighted by Gasteiger charge is 2.25. The second-order valence-corrected chi connectivity index (χ2v) is 4.29. The highest BCUT2D eigenvalue weighted by atomic mass is 16.6. The van der Waals surface area contributed by atoms with Crippen LogP contribution in [0.4, 0.5) is 0 Å². The van der Waals surface area contributed by atoms with Crippen LogP contribution in [0.1, 0.15) is 44.0 Å². The van der Waals surface area contributed by atoms with E-state index < -0.39 is 0 Å². The van der Waals surface area contributed by atoms with Crippen LogP contribution in [0.25, 0.3) is 0 Å². The fraction of sp³-hybridized carbons (Fsp3) is 0.818. The minimum atomic E-state index is -0.216. The highest BCUT2D eigenvalue weighted by Crippen LogP contribution is 2.22. The van der Waals surface area contributed by atoms with Crippen molar-refractivity contribution >= 4 is 0 Å². The van der Waals surface area contributed by atoms with E-state index in [1.807, 2.05) is 13.8 Å². The van der Waals surface area contributed by atoms with Gasteiger partial charge < -0.3 is 19.7 Å². The predicted molar refractivity (Wildman–Crippen MR) is 60.5 cm³/mol. The summed E-state index contributed by atoms with van der Waals surface area (Å²) >= 11 is 0. The summed E-state index contributed by atoms with van der Waals surface area (Å²) in [5.74, 6) is 1.18. The lowest BCUT2D eigenvalue weighted by Crippen LogP contribution is -2.26. The van der Waals surface area contributed by atoms with E-state index in [-0.39, 0.29) is 18.1 Å². The number of nitrogens with zero attached hydrogens (tertiary/aromatic N) is 2. The van der Waals surface area contributed by atoms with Crippen molar-refractivity contribution in [1.82, 2.24) is 10.1 Å². The van der Waals surface area contributed by atoms with Gasteiger partial charge in [-0.1, -0.05) is 19.0 Å². The lowest BCUT2D eigenvalue weighted by Gasteiger charge is -2.19. The fourth-order valence-electron chi connectivity index (χ4n) is 1.74. The minimum absolute atomic E-state index is 0.0341. The molecule has 0 saturated carbocycles. The molecule has 0 aromatic carbocycles. The van der Waals surface area contributed by atoms with Gasteiger partial charge in [0.05, 0.1) is 25.7 Å². The van der Waals surface area contributed by atoms with Gasteiger partial charge in [-0.2, -0.15) is 4.98 Å². The van der Waals surface area contributed by atoms with E-state index >= 15 is 0 Å². The maximum atomic E-state index is 5.95. The average Bonchev–Trinajstić information content (AvgIpc) is 2.87. The van der Waals surface area contributed by atoms with Crippen LogP contribution in [-0.4, -0.2) is 36.0 Å². The normalized spacial score (nSPS) is 24.5. The molecule has 1 aliphatic heterocycles. The lowest BCUT2D eigenvalue weighted by molar-refractivity contribution is -0.0941. The van der Waals surface area contributed by atoms with Crippen LogP contribution in [0.3, 0.4) is 0 Å². The summed E-state index contributed by atoms with van der Waals surface area (Å²) in [6, 6.07) is 0.0341. The summed E-state index contributed by atoms with van der Waals surface area (Å²) in [4.78, 5) is 4.34. The average molecular weight is 241 g/mol. The first kappa shape index (κ1) is 12.5. The number of rotatable bonds is 4. The van der Waals surface area contributed by atoms with Crippen molar-refractivity contribution in [2.45, 2.75) is 38.3 Å². The molecule has 3 unspecified atom stereocenters. The summed E-state index contributed by atoms with van der Waals surface area (Å²) in [7, 11) is 0. The molecule has 0 spiro atoms. The van der Waals surface area contributed by atoms with Crippen LogP contribution in [0, 0.1) is 0 Å². The van der Waals surface area contributed by atoms with Crippen LogP contribution in [0.15, 0.2) is 4.52 Å². The molecule has 96 valence electrons. The molecule has 17 heavy (non-hydrogen) atoms.